The molecule has 0 radical (unpaired) electrons. The molecule has 1 aromatic carbocycles. The standard InChI is InChI=1S/C17H22FN3O3/c1-10(22)20-15(9-12-4-2-3-5-13(12)18)17(24)21-14(16(19)23)8-11-6-7-11/h2-5,11,14-15H,6-9H2,1H3,(H2,19,23)(H,20,22)(H,21,24)/t14-,15+/m1/s1. The number of halogens is 1. The number of primary amides is 1. The van der Waals surface area contributed by atoms with E-state index in [1.165, 1.54) is 13.0 Å². The first-order chi connectivity index (χ1) is 11.4. The minimum atomic E-state index is -0.972. The summed E-state index contributed by atoms with van der Waals surface area (Å²) in [4.78, 5) is 35.3. The molecule has 1 fully saturated rings. The number of nitrogens with two attached hydrogens (primary N) is 1. The molecular weight excluding hydrogens is 313 g/mol. The van der Waals surface area contributed by atoms with Crippen LogP contribution in [0, 0.1) is 11.7 Å². The minimum Gasteiger partial charge on any atom is -0.368 e. The third-order valence-electron chi connectivity index (χ3n) is 4.00. The fourth-order valence-corrected chi connectivity index (χ4v) is 2.54. The maximum atomic E-state index is 13.8. The number of benzene rings is 1. The quantitative estimate of drug-likeness (QED) is 0.650. The zero-order valence-electron chi connectivity index (χ0n) is 13.5. The zero-order valence-corrected chi connectivity index (χ0v) is 13.5. The van der Waals surface area contributed by atoms with Crippen LogP contribution < -0.4 is 16.4 Å². The second-order valence-electron chi connectivity index (χ2n) is 6.19. The van der Waals surface area contributed by atoms with Crippen molar-refractivity contribution in [3.63, 3.8) is 0 Å². The molecule has 2 atom stereocenters. The van der Waals surface area contributed by atoms with Gasteiger partial charge < -0.3 is 16.4 Å². The van der Waals surface area contributed by atoms with Crippen LogP contribution in [0.1, 0.15) is 31.7 Å². The van der Waals surface area contributed by atoms with Crippen LogP contribution in [0.25, 0.3) is 0 Å². The van der Waals surface area contributed by atoms with Crippen molar-refractivity contribution in [3.05, 3.63) is 35.6 Å². The number of rotatable bonds is 8. The van der Waals surface area contributed by atoms with Crippen molar-refractivity contribution in [2.75, 3.05) is 0 Å². The third kappa shape index (κ3) is 5.33. The Bertz CT molecular complexity index is 631. The van der Waals surface area contributed by atoms with E-state index in [1.807, 2.05) is 0 Å². The Morgan fingerprint density at radius 1 is 1.21 bits per heavy atom. The Morgan fingerprint density at radius 2 is 1.88 bits per heavy atom. The molecule has 7 heteroatoms. The van der Waals surface area contributed by atoms with Gasteiger partial charge in [-0.1, -0.05) is 31.0 Å². The summed E-state index contributed by atoms with van der Waals surface area (Å²) in [5.74, 6) is -1.62. The first kappa shape index (κ1) is 17.9. The largest absolute Gasteiger partial charge is 0.368 e. The molecule has 1 aliphatic carbocycles. The Morgan fingerprint density at radius 3 is 2.42 bits per heavy atom. The Labute approximate surface area is 140 Å². The molecule has 6 nitrogen and oxygen atoms in total. The molecule has 0 aromatic heterocycles. The lowest BCUT2D eigenvalue weighted by Gasteiger charge is -2.21. The van der Waals surface area contributed by atoms with Crippen LogP contribution in [0.3, 0.4) is 0 Å². The van der Waals surface area contributed by atoms with E-state index < -0.39 is 35.6 Å². The fourth-order valence-electron chi connectivity index (χ4n) is 2.54. The van der Waals surface area contributed by atoms with Crippen molar-refractivity contribution in [2.24, 2.45) is 11.7 Å². The summed E-state index contributed by atoms with van der Waals surface area (Å²) >= 11 is 0. The number of carbonyl (C=O) groups excluding carboxylic acids is 3. The van der Waals surface area contributed by atoms with E-state index in [9.17, 15) is 18.8 Å². The lowest BCUT2D eigenvalue weighted by molar-refractivity contribution is -0.131. The van der Waals surface area contributed by atoms with Crippen LogP contribution in [-0.4, -0.2) is 29.8 Å². The van der Waals surface area contributed by atoms with Gasteiger partial charge in [0.1, 0.15) is 17.9 Å². The molecule has 24 heavy (non-hydrogen) atoms. The van der Waals surface area contributed by atoms with Crippen molar-refractivity contribution in [1.29, 1.82) is 0 Å². The number of hydrogen-bond acceptors (Lipinski definition) is 3. The van der Waals surface area contributed by atoms with E-state index in [-0.39, 0.29) is 6.42 Å². The maximum Gasteiger partial charge on any atom is 0.243 e. The van der Waals surface area contributed by atoms with Gasteiger partial charge in [0.2, 0.25) is 17.7 Å². The maximum absolute atomic E-state index is 13.8. The Hall–Kier alpha value is -2.44. The third-order valence-corrected chi connectivity index (χ3v) is 4.00. The van der Waals surface area contributed by atoms with E-state index in [2.05, 4.69) is 10.6 Å². The van der Waals surface area contributed by atoms with E-state index in [0.717, 1.165) is 12.8 Å². The van der Waals surface area contributed by atoms with Gasteiger partial charge in [-0.15, -0.1) is 0 Å². The monoisotopic (exact) mass is 335 g/mol. The summed E-state index contributed by atoms with van der Waals surface area (Å²) in [5.41, 5.74) is 5.65. The fraction of sp³-hybridized carbons (Fsp3) is 0.471. The molecular formula is C17H22FN3O3. The van der Waals surface area contributed by atoms with Crippen LogP contribution in [0.4, 0.5) is 4.39 Å². The van der Waals surface area contributed by atoms with Gasteiger partial charge in [-0.05, 0) is 24.0 Å². The van der Waals surface area contributed by atoms with Crippen molar-refractivity contribution in [2.45, 2.75) is 44.7 Å². The van der Waals surface area contributed by atoms with Crippen LogP contribution in [-0.2, 0) is 20.8 Å². The number of carbonyl (C=O) groups is 3. The molecule has 0 aliphatic heterocycles. The first-order valence-corrected chi connectivity index (χ1v) is 7.97. The van der Waals surface area contributed by atoms with Crippen molar-refractivity contribution >= 4 is 17.7 Å². The molecule has 4 N–H and O–H groups in total. The average Bonchev–Trinajstić information content (AvgIpc) is 3.31. The number of nitrogens with one attached hydrogen (secondary N) is 2. The summed E-state index contributed by atoms with van der Waals surface area (Å²) in [6, 6.07) is 4.29. The Balaban J connectivity index is 2.07. The van der Waals surface area contributed by atoms with E-state index in [4.69, 9.17) is 5.73 Å². The second kappa shape index (κ2) is 7.90. The molecule has 130 valence electrons. The van der Waals surface area contributed by atoms with Crippen molar-refractivity contribution < 1.29 is 18.8 Å². The zero-order chi connectivity index (χ0) is 17.7. The first-order valence-electron chi connectivity index (χ1n) is 7.97. The van der Waals surface area contributed by atoms with Gasteiger partial charge in [0.15, 0.2) is 0 Å². The van der Waals surface area contributed by atoms with E-state index >= 15 is 0 Å². The predicted molar refractivity (Wildman–Crippen MR) is 86.2 cm³/mol. The summed E-state index contributed by atoms with van der Waals surface area (Å²) in [6.45, 7) is 1.28. The highest BCUT2D eigenvalue weighted by Crippen LogP contribution is 2.33. The van der Waals surface area contributed by atoms with Crippen LogP contribution in [0.5, 0.6) is 0 Å². The van der Waals surface area contributed by atoms with Gasteiger partial charge in [0.05, 0.1) is 0 Å². The highest BCUT2D eigenvalue weighted by molar-refractivity contribution is 5.91. The lowest BCUT2D eigenvalue weighted by atomic mass is 10.0. The topological polar surface area (TPSA) is 101 Å². The molecule has 0 spiro atoms. The summed E-state index contributed by atoms with van der Waals surface area (Å²) in [5, 5.41) is 5.08. The van der Waals surface area contributed by atoms with Gasteiger partial charge >= 0.3 is 0 Å². The van der Waals surface area contributed by atoms with Crippen molar-refractivity contribution in [1.82, 2.24) is 10.6 Å². The molecule has 0 saturated heterocycles. The van der Waals surface area contributed by atoms with Crippen molar-refractivity contribution in [3.8, 4) is 0 Å². The Kier molecular flexibility index (Phi) is 5.89. The molecule has 2 rings (SSSR count). The molecule has 0 heterocycles. The van der Waals surface area contributed by atoms with Gasteiger partial charge in [0.25, 0.3) is 0 Å². The molecule has 1 aromatic rings. The summed E-state index contributed by atoms with van der Waals surface area (Å²) in [7, 11) is 0. The molecule has 0 unspecified atom stereocenters. The normalized spacial score (nSPS) is 16.1. The minimum absolute atomic E-state index is 0.00695. The average molecular weight is 335 g/mol. The lowest BCUT2D eigenvalue weighted by Crippen LogP contribution is -2.53. The number of amides is 3. The summed E-state index contributed by atoms with van der Waals surface area (Å²) in [6.07, 6.45) is 2.52. The number of hydrogen-bond donors (Lipinski definition) is 3. The van der Waals surface area contributed by atoms with E-state index in [1.54, 1.807) is 18.2 Å². The van der Waals surface area contributed by atoms with Crippen LogP contribution in [0.2, 0.25) is 0 Å². The highest BCUT2D eigenvalue weighted by atomic mass is 19.1. The smallest absolute Gasteiger partial charge is 0.243 e. The molecule has 1 saturated carbocycles. The van der Waals surface area contributed by atoms with E-state index in [0.29, 0.717) is 17.9 Å². The molecule has 1 aliphatic rings. The predicted octanol–water partition coefficient (Wildman–Crippen LogP) is 0.643. The van der Waals surface area contributed by atoms with Crippen LogP contribution >= 0.6 is 0 Å². The summed E-state index contributed by atoms with van der Waals surface area (Å²) < 4.78 is 13.8. The second-order valence-corrected chi connectivity index (χ2v) is 6.19. The molecule has 3 amide bonds. The SMILES string of the molecule is CC(=O)N[C@@H](Cc1ccccc1F)C(=O)N[C@H](CC1CC1)C(N)=O. The van der Waals surface area contributed by atoms with Gasteiger partial charge in [-0.2, -0.15) is 0 Å². The highest BCUT2D eigenvalue weighted by Gasteiger charge is 2.31. The van der Waals surface area contributed by atoms with Gasteiger partial charge in [-0.25, -0.2) is 4.39 Å². The van der Waals surface area contributed by atoms with Gasteiger partial charge in [-0.3, -0.25) is 14.4 Å². The van der Waals surface area contributed by atoms with Crippen LogP contribution in [0.15, 0.2) is 24.3 Å². The molecule has 0 bridgehead atoms. The van der Waals surface area contributed by atoms with Gasteiger partial charge in [0, 0.05) is 13.3 Å².